The first-order valence-corrected chi connectivity index (χ1v) is 9.81. The fourth-order valence-corrected chi connectivity index (χ4v) is 4.19. The average Bonchev–Trinajstić information content (AvgIpc) is 3.15. The van der Waals surface area contributed by atoms with Crippen molar-refractivity contribution in [2.45, 2.75) is 25.8 Å². The number of fused-ring (bicyclic) bond motifs is 1. The van der Waals surface area contributed by atoms with Crippen molar-refractivity contribution in [3.8, 4) is 5.75 Å². The number of likely N-dealkylation sites (tertiary alicyclic amines) is 1. The fraction of sp³-hybridized carbons (Fsp3) is 0.368. The number of hydrogen-bond donors (Lipinski definition) is 0. The van der Waals surface area contributed by atoms with Crippen LogP contribution in [0.4, 0.5) is 9.93 Å². The highest BCUT2D eigenvalue weighted by atomic mass is 32.1. The first-order chi connectivity index (χ1) is 13.2. The van der Waals surface area contributed by atoms with Gasteiger partial charge in [-0.25, -0.2) is 19.7 Å². The van der Waals surface area contributed by atoms with E-state index in [0.29, 0.717) is 11.7 Å². The first kappa shape index (κ1) is 17.7. The number of aromatic nitrogens is 3. The summed E-state index contributed by atoms with van der Waals surface area (Å²) in [5.74, 6) is 0.781. The Bertz CT molecular complexity index is 924. The van der Waals surface area contributed by atoms with E-state index in [1.807, 2.05) is 23.1 Å². The SMILES string of the molecule is COc1ccc2nc(N(Cc3cncnc3)C(=O)N3CCCCC3)sc2c1. The van der Waals surface area contributed by atoms with E-state index in [4.69, 9.17) is 9.72 Å². The molecule has 0 saturated carbocycles. The van der Waals surface area contributed by atoms with Gasteiger partial charge in [0.25, 0.3) is 0 Å². The molecule has 0 aliphatic carbocycles. The molecule has 0 radical (unpaired) electrons. The van der Waals surface area contributed by atoms with Crippen LogP contribution in [0.25, 0.3) is 10.2 Å². The molecule has 0 N–H and O–H groups in total. The molecule has 8 heteroatoms. The Balaban J connectivity index is 1.69. The van der Waals surface area contributed by atoms with Crippen LogP contribution < -0.4 is 9.64 Å². The quantitative estimate of drug-likeness (QED) is 0.687. The van der Waals surface area contributed by atoms with Crippen LogP contribution in [0.5, 0.6) is 5.75 Å². The number of carbonyl (C=O) groups is 1. The number of nitrogens with zero attached hydrogens (tertiary/aromatic N) is 5. The zero-order valence-electron chi connectivity index (χ0n) is 15.2. The van der Waals surface area contributed by atoms with Crippen molar-refractivity contribution in [1.29, 1.82) is 0 Å². The van der Waals surface area contributed by atoms with Gasteiger partial charge in [0.05, 0.1) is 23.9 Å². The summed E-state index contributed by atoms with van der Waals surface area (Å²) in [5, 5.41) is 0.678. The summed E-state index contributed by atoms with van der Waals surface area (Å²) in [5.41, 5.74) is 1.73. The Kier molecular flexibility index (Phi) is 5.15. The molecule has 0 bridgehead atoms. The second-order valence-electron chi connectivity index (χ2n) is 6.49. The summed E-state index contributed by atoms with van der Waals surface area (Å²) in [6, 6.07) is 5.74. The number of hydrogen-bond acceptors (Lipinski definition) is 6. The lowest BCUT2D eigenvalue weighted by molar-refractivity contribution is 0.192. The highest BCUT2D eigenvalue weighted by molar-refractivity contribution is 7.22. The molecule has 2 aromatic heterocycles. The fourth-order valence-electron chi connectivity index (χ4n) is 3.20. The van der Waals surface area contributed by atoms with Crippen LogP contribution in [-0.4, -0.2) is 46.1 Å². The monoisotopic (exact) mass is 383 g/mol. The molecule has 3 heterocycles. The van der Waals surface area contributed by atoms with Gasteiger partial charge in [0, 0.05) is 31.0 Å². The lowest BCUT2D eigenvalue weighted by Gasteiger charge is -2.31. The Hall–Kier alpha value is -2.74. The summed E-state index contributed by atoms with van der Waals surface area (Å²) in [6.07, 6.45) is 8.23. The number of thiazole rings is 1. The maximum atomic E-state index is 13.3. The maximum Gasteiger partial charge on any atom is 0.326 e. The molecule has 4 rings (SSSR count). The van der Waals surface area contributed by atoms with Crippen molar-refractivity contribution in [2.24, 2.45) is 0 Å². The van der Waals surface area contributed by atoms with E-state index < -0.39 is 0 Å². The van der Waals surface area contributed by atoms with Crippen molar-refractivity contribution in [1.82, 2.24) is 19.9 Å². The summed E-state index contributed by atoms with van der Waals surface area (Å²) < 4.78 is 6.29. The second kappa shape index (κ2) is 7.87. The minimum atomic E-state index is -0.00965. The number of rotatable bonds is 4. The van der Waals surface area contributed by atoms with E-state index in [1.54, 1.807) is 24.4 Å². The molecule has 1 saturated heterocycles. The van der Waals surface area contributed by atoms with E-state index in [2.05, 4.69) is 9.97 Å². The summed E-state index contributed by atoms with van der Waals surface area (Å²) in [7, 11) is 1.64. The molecule has 0 unspecified atom stereocenters. The predicted octanol–water partition coefficient (Wildman–Crippen LogP) is 3.71. The van der Waals surface area contributed by atoms with Crippen LogP contribution in [0, 0.1) is 0 Å². The summed E-state index contributed by atoms with van der Waals surface area (Å²) in [6.45, 7) is 1.98. The molecule has 7 nitrogen and oxygen atoms in total. The molecule has 0 atom stereocenters. The van der Waals surface area contributed by atoms with E-state index in [0.717, 1.165) is 47.5 Å². The number of amides is 2. The van der Waals surface area contributed by atoms with Gasteiger partial charge in [-0.3, -0.25) is 4.90 Å². The molecule has 1 fully saturated rings. The molecule has 1 aliphatic heterocycles. The summed E-state index contributed by atoms with van der Waals surface area (Å²) >= 11 is 1.49. The van der Waals surface area contributed by atoms with Crippen LogP contribution in [0.1, 0.15) is 24.8 Å². The number of benzene rings is 1. The standard InChI is InChI=1S/C19H21N5O2S/c1-26-15-5-6-16-17(9-15)27-18(22-16)24(12-14-10-20-13-21-11-14)19(25)23-7-3-2-4-8-23/h5-6,9-11,13H,2-4,7-8,12H2,1H3. The third-order valence-electron chi connectivity index (χ3n) is 4.63. The molecule has 140 valence electrons. The van der Waals surface area contributed by atoms with E-state index >= 15 is 0 Å². The summed E-state index contributed by atoms with van der Waals surface area (Å²) in [4.78, 5) is 29.8. The van der Waals surface area contributed by atoms with Crippen LogP contribution in [0.15, 0.2) is 36.9 Å². The normalized spacial score (nSPS) is 14.3. The van der Waals surface area contributed by atoms with Gasteiger partial charge in [-0.2, -0.15) is 0 Å². The molecular formula is C19H21N5O2S. The molecule has 3 aromatic rings. The van der Waals surface area contributed by atoms with Gasteiger partial charge in [0.1, 0.15) is 12.1 Å². The van der Waals surface area contributed by atoms with E-state index in [-0.39, 0.29) is 6.03 Å². The van der Waals surface area contributed by atoms with E-state index in [1.165, 1.54) is 24.1 Å². The van der Waals surface area contributed by atoms with Crippen molar-refractivity contribution < 1.29 is 9.53 Å². The van der Waals surface area contributed by atoms with Gasteiger partial charge in [0.15, 0.2) is 5.13 Å². The highest BCUT2D eigenvalue weighted by Gasteiger charge is 2.26. The molecule has 2 amide bonds. The lowest BCUT2D eigenvalue weighted by Crippen LogP contribution is -2.45. The highest BCUT2D eigenvalue weighted by Crippen LogP contribution is 2.33. The average molecular weight is 383 g/mol. The minimum Gasteiger partial charge on any atom is -0.497 e. The van der Waals surface area contributed by atoms with Crippen LogP contribution in [-0.2, 0) is 6.54 Å². The first-order valence-electron chi connectivity index (χ1n) is 8.99. The van der Waals surface area contributed by atoms with Crippen molar-refractivity contribution in [3.63, 3.8) is 0 Å². The minimum absolute atomic E-state index is 0.00965. The molecular weight excluding hydrogens is 362 g/mol. The largest absolute Gasteiger partial charge is 0.497 e. The number of urea groups is 1. The third-order valence-corrected chi connectivity index (χ3v) is 5.67. The molecule has 27 heavy (non-hydrogen) atoms. The van der Waals surface area contributed by atoms with Gasteiger partial charge >= 0.3 is 6.03 Å². The number of carbonyl (C=O) groups excluding carboxylic acids is 1. The van der Waals surface area contributed by atoms with Gasteiger partial charge < -0.3 is 9.64 Å². The Morgan fingerprint density at radius 3 is 2.74 bits per heavy atom. The Labute approximate surface area is 161 Å². The number of piperidine rings is 1. The van der Waals surface area contributed by atoms with Crippen LogP contribution in [0.3, 0.4) is 0 Å². The maximum absolute atomic E-state index is 13.3. The topological polar surface area (TPSA) is 71.5 Å². The van der Waals surface area contributed by atoms with E-state index in [9.17, 15) is 4.79 Å². The van der Waals surface area contributed by atoms with Gasteiger partial charge in [-0.15, -0.1) is 0 Å². The third kappa shape index (κ3) is 3.85. The number of anilines is 1. The lowest BCUT2D eigenvalue weighted by atomic mass is 10.1. The smallest absolute Gasteiger partial charge is 0.326 e. The second-order valence-corrected chi connectivity index (χ2v) is 7.50. The molecule has 0 spiro atoms. The van der Waals surface area contributed by atoms with Gasteiger partial charge in [-0.05, 0) is 37.5 Å². The predicted molar refractivity (Wildman–Crippen MR) is 105 cm³/mol. The Morgan fingerprint density at radius 1 is 1.22 bits per heavy atom. The number of ether oxygens (including phenoxy) is 1. The Morgan fingerprint density at radius 2 is 2.00 bits per heavy atom. The zero-order valence-corrected chi connectivity index (χ0v) is 16.0. The molecule has 1 aliphatic rings. The van der Waals surface area contributed by atoms with Crippen molar-refractivity contribution >= 4 is 32.7 Å². The number of methoxy groups -OCH3 is 1. The van der Waals surface area contributed by atoms with Gasteiger partial charge in [-0.1, -0.05) is 11.3 Å². The zero-order chi connectivity index (χ0) is 18.6. The van der Waals surface area contributed by atoms with Crippen molar-refractivity contribution in [2.75, 3.05) is 25.1 Å². The van der Waals surface area contributed by atoms with Crippen molar-refractivity contribution in [3.05, 3.63) is 42.5 Å². The van der Waals surface area contributed by atoms with Gasteiger partial charge in [0.2, 0.25) is 0 Å². The molecule has 1 aromatic carbocycles. The van der Waals surface area contributed by atoms with Crippen LogP contribution in [0.2, 0.25) is 0 Å². The van der Waals surface area contributed by atoms with Crippen LogP contribution >= 0.6 is 11.3 Å².